The van der Waals surface area contributed by atoms with Gasteiger partial charge in [0.05, 0.1) is 17.2 Å². The van der Waals surface area contributed by atoms with Crippen LogP contribution in [0, 0.1) is 0 Å². The van der Waals surface area contributed by atoms with Gasteiger partial charge in [0.2, 0.25) is 0 Å². The Morgan fingerprint density at radius 3 is 2.66 bits per heavy atom. The van der Waals surface area contributed by atoms with Gasteiger partial charge in [-0.1, -0.05) is 12.1 Å². The van der Waals surface area contributed by atoms with E-state index in [1.165, 1.54) is 24.3 Å². The molecule has 3 heterocycles. The van der Waals surface area contributed by atoms with Gasteiger partial charge in [-0.2, -0.15) is 0 Å². The van der Waals surface area contributed by atoms with E-state index in [9.17, 15) is 17.6 Å². The number of alkyl halides is 4. The minimum atomic E-state index is -4.72. The zero-order chi connectivity index (χ0) is 20.4. The Balaban J connectivity index is 1.30. The molecule has 0 spiro atoms. The number of aromatic amines is 1. The van der Waals surface area contributed by atoms with Gasteiger partial charge in [0, 0.05) is 25.8 Å². The van der Waals surface area contributed by atoms with Gasteiger partial charge in [0.25, 0.3) is 0 Å². The highest BCUT2D eigenvalue weighted by molar-refractivity contribution is 5.73. The molecule has 10 heteroatoms. The van der Waals surface area contributed by atoms with Crippen molar-refractivity contribution in [3.8, 4) is 5.75 Å². The minimum absolute atomic E-state index is 0.150. The quantitative estimate of drug-likeness (QED) is 0.630. The number of halogens is 4. The Kier molecular flexibility index (Phi) is 5.37. The van der Waals surface area contributed by atoms with Crippen LogP contribution in [0.1, 0.15) is 11.4 Å². The highest BCUT2D eigenvalue weighted by atomic mass is 19.4. The second-order valence-electron chi connectivity index (χ2n) is 6.83. The predicted octanol–water partition coefficient (Wildman–Crippen LogP) is 3.60. The van der Waals surface area contributed by atoms with Gasteiger partial charge >= 0.3 is 6.36 Å². The van der Waals surface area contributed by atoms with Crippen molar-refractivity contribution < 1.29 is 27.0 Å². The molecule has 1 aliphatic heterocycles. The van der Waals surface area contributed by atoms with Crippen molar-refractivity contribution in [1.29, 1.82) is 0 Å². The van der Waals surface area contributed by atoms with Crippen LogP contribution in [0.25, 0.3) is 11.0 Å². The van der Waals surface area contributed by atoms with Crippen LogP contribution in [0.5, 0.6) is 5.75 Å². The molecule has 0 amide bonds. The second kappa shape index (κ2) is 7.96. The van der Waals surface area contributed by atoms with E-state index < -0.39 is 18.6 Å². The molecule has 1 aromatic carbocycles. The normalized spacial score (nSPS) is 20.4. The number of imidazole rings is 1. The summed E-state index contributed by atoms with van der Waals surface area (Å²) in [5.41, 5.74) is 2.31. The molecule has 154 valence electrons. The van der Waals surface area contributed by atoms with E-state index in [2.05, 4.69) is 19.7 Å². The van der Waals surface area contributed by atoms with E-state index in [-0.39, 0.29) is 18.9 Å². The van der Waals surface area contributed by atoms with Crippen molar-refractivity contribution in [2.45, 2.75) is 31.8 Å². The number of aromatic nitrogens is 3. The third-order valence-electron chi connectivity index (χ3n) is 4.60. The first kappa shape index (κ1) is 19.6. The summed E-state index contributed by atoms with van der Waals surface area (Å²) < 4.78 is 60.5. The fraction of sp³-hybridized carbons (Fsp3) is 0.368. The maximum absolute atomic E-state index is 14.3. The molecule has 2 aromatic heterocycles. The molecule has 0 radical (unpaired) electrons. The zero-order valence-electron chi connectivity index (χ0n) is 15.2. The van der Waals surface area contributed by atoms with Crippen molar-refractivity contribution >= 4 is 11.0 Å². The lowest BCUT2D eigenvalue weighted by atomic mass is 10.2. The number of fused-ring (bicyclic) bond motifs is 1. The summed E-state index contributed by atoms with van der Waals surface area (Å²) in [5.74, 6) is 0.312. The summed E-state index contributed by atoms with van der Waals surface area (Å²) in [7, 11) is 0. The average molecular weight is 410 g/mol. The standard InChI is InChI=1S/C19H18F4N4O2/c20-14-9-27(8-12-1-3-13(4-2-12)29-19(21,22)23)10-17(14)28-11-18-25-15-5-6-24-7-16(15)26-18/h1-7,14,17H,8-11H2,(H,25,26). The lowest BCUT2D eigenvalue weighted by molar-refractivity contribution is -0.274. The SMILES string of the molecule is FC1CN(Cc2ccc(OC(F)(F)F)cc2)CC1OCc1nc2ccncc2[nH]1. The van der Waals surface area contributed by atoms with Gasteiger partial charge in [-0.3, -0.25) is 9.88 Å². The molecule has 0 saturated carbocycles. The lowest BCUT2D eigenvalue weighted by Crippen LogP contribution is -2.24. The molecule has 4 rings (SSSR count). The first-order chi connectivity index (χ1) is 13.9. The highest BCUT2D eigenvalue weighted by Crippen LogP contribution is 2.24. The largest absolute Gasteiger partial charge is 0.573 e. The van der Waals surface area contributed by atoms with E-state index in [1.54, 1.807) is 18.5 Å². The number of likely N-dealkylation sites (tertiary alicyclic amines) is 1. The molecule has 1 fully saturated rings. The summed E-state index contributed by atoms with van der Waals surface area (Å²) in [6, 6.07) is 7.33. The van der Waals surface area contributed by atoms with Crippen molar-refractivity contribution in [3.05, 3.63) is 54.1 Å². The Morgan fingerprint density at radius 1 is 1.14 bits per heavy atom. The van der Waals surface area contributed by atoms with Crippen molar-refractivity contribution in [2.75, 3.05) is 13.1 Å². The highest BCUT2D eigenvalue weighted by Gasteiger charge is 2.34. The van der Waals surface area contributed by atoms with Crippen LogP contribution in [0.4, 0.5) is 17.6 Å². The molecular formula is C19H18F4N4O2. The van der Waals surface area contributed by atoms with Gasteiger partial charge in [0.1, 0.15) is 30.5 Å². The number of hydrogen-bond donors (Lipinski definition) is 1. The van der Waals surface area contributed by atoms with Crippen LogP contribution in [0.2, 0.25) is 0 Å². The Hall–Kier alpha value is -2.72. The van der Waals surface area contributed by atoms with E-state index >= 15 is 0 Å². The summed E-state index contributed by atoms with van der Waals surface area (Å²) in [4.78, 5) is 13.3. The molecule has 3 aromatic rings. The summed E-state index contributed by atoms with van der Waals surface area (Å²) in [5, 5.41) is 0. The third-order valence-corrected chi connectivity index (χ3v) is 4.60. The van der Waals surface area contributed by atoms with Crippen molar-refractivity contribution in [3.63, 3.8) is 0 Å². The van der Waals surface area contributed by atoms with Gasteiger partial charge in [-0.15, -0.1) is 13.2 Å². The Bertz CT molecular complexity index is 928. The predicted molar refractivity (Wildman–Crippen MR) is 95.8 cm³/mol. The molecule has 0 aliphatic carbocycles. The van der Waals surface area contributed by atoms with Crippen LogP contribution in [-0.2, 0) is 17.9 Å². The van der Waals surface area contributed by atoms with Crippen molar-refractivity contribution in [2.24, 2.45) is 0 Å². The molecular weight excluding hydrogens is 392 g/mol. The van der Waals surface area contributed by atoms with E-state index in [4.69, 9.17) is 4.74 Å². The molecule has 1 saturated heterocycles. The smallest absolute Gasteiger partial charge is 0.406 e. The van der Waals surface area contributed by atoms with Crippen molar-refractivity contribution in [1.82, 2.24) is 19.9 Å². The summed E-state index contributed by atoms with van der Waals surface area (Å²) in [6.45, 7) is 1.12. The van der Waals surface area contributed by atoms with E-state index in [1.807, 2.05) is 4.90 Å². The molecule has 2 unspecified atom stereocenters. The Morgan fingerprint density at radius 2 is 1.93 bits per heavy atom. The number of nitrogens with one attached hydrogen (secondary N) is 1. The Labute approximate surface area is 163 Å². The van der Waals surface area contributed by atoms with Gasteiger partial charge in [0.15, 0.2) is 0 Å². The maximum Gasteiger partial charge on any atom is 0.573 e. The number of hydrogen-bond acceptors (Lipinski definition) is 5. The van der Waals surface area contributed by atoms with Crippen LogP contribution in [-0.4, -0.2) is 51.6 Å². The average Bonchev–Trinajstić information content (AvgIpc) is 3.23. The molecule has 2 atom stereocenters. The monoisotopic (exact) mass is 410 g/mol. The number of ether oxygens (including phenoxy) is 2. The second-order valence-corrected chi connectivity index (χ2v) is 6.83. The van der Waals surface area contributed by atoms with Gasteiger partial charge in [-0.25, -0.2) is 9.37 Å². The number of rotatable bonds is 6. The number of H-pyrrole nitrogens is 1. The first-order valence-corrected chi connectivity index (χ1v) is 8.97. The fourth-order valence-electron chi connectivity index (χ4n) is 3.31. The molecule has 1 aliphatic rings. The first-order valence-electron chi connectivity index (χ1n) is 8.97. The van der Waals surface area contributed by atoms with Gasteiger partial charge < -0.3 is 14.5 Å². The molecule has 1 N–H and O–H groups in total. The van der Waals surface area contributed by atoms with Crippen LogP contribution < -0.4 is 4.74 Å². The number of nitrogens with zero attached hydrogens (tertiary/aromatic N) is 3. The summed E-state index contributed by atoms with van der Waals surface area (Å²) in [6.07, 6.45) is -3.18. The van der Waals surface area contributed by atoms with Crippen LogP contribution in [0.3, 0.4) is 0 Å². The minimum Gasteiger partial charge on any atom is -0.406 e. The number of pyridine rings is 1. The fourth-order valence-corrected chi connectivity index (χ4v) is 3.31. The van der Waals surface area contributed by atoms with E-state index in [0.29, 0.717) is 18.9 Å². The topological polar surface area (TPSA) is 63.3 Å². The lowest BCUT2D eigenvalue weighted by Gasteiger charge is -2.16. The molecule has 29 heavy (non-hydrogen) atoms. The summed E-state index contributed by atoms with van der Waals surface area (Å²) >= 11 is 0. The number of benzene rings is 1. The zero-order valence-corrected chi connectivity index (χ0v) is 15.2. The molecule has 0 bridgehead atoms. The van der Waals surface area contributed by atoms with Gasteiger partial charge in [-0.05, 0) is 23.8 Å². The van der Waals surface area contributed by atoms with Crippen LogP contribution in [0.15, 0.2) is 42.7 Å². The molecule has 6 nitrogen and oxygen atoms in total. The third kappa shape index (κ3) is 5.01. The van der Waals surface area contributed by atoms with E-state index in [0.717, 1.165) is 16.6 Å². The van der Waals surface area contributed by atoms with Crippen LogP contribution >= 0.6 is 0 Å². The maximum atomic E-state index is 14.3.